The Balaban J connectivity index is 0.780. The zero-order chi connectivity index (χ0) is 38.5. The van der Waals surface area contributed by atoms with Crippen LogP contribution in [-0.4, -0.2) is 103 Å². The Morgan fingerprint density at radius 3 is 2.41 bits per heavy atom. The molecule has 16 heteroatoms. The highest BCUT2D eigenvalue weighted by Crippen LogP contribution is 2.33. The Bertz CT molecular complexity index is 2310. The van der Waals surface area contributed by atoms with Crippen molar-refractivity contribution in [1.29, 1.82) is 5.26 Å². The molecule has 1 atom stereocenters. The average Bonchev–Trinajstić information content (AvgIpc) is 3.84. The Labute approximate surface area is 322 Å². The number of rotatable bonds is 8. The average molecular weight is 756 g/mol. The van der Waals surface area contributed by atoms with Crippen LogP contribution >= 0.6 is 0 Å². The molecule has 1 aromatic carbocycles. The van der Waals surface area contributed by atoms with Gasteiger partial charge in [-0.25, -0.2) is 9.97 Å². The quantitative estimate of drug-likeness (QED) is 0.224. The zero-order valence-electron chi connectivity index (χ0n) is 30.7. The molecule has 4 fully saturated rings. The summed E-state index contributed by atoms with van der Waals surface area (Å²) < 4.78 is 1.60. The van der Waals surface area contributed by atoms with Gasteiger partial charge in [0.2, 0.25) is 17.7 Å². The van der Waals surface area contributed by atoms with E-state index in [2.05, 4.69) is 42.0 Å². The molecule has 3 N–H and O–H groups in total. The smallest absolute Gasteiger partial charge is 0.255 e. The van der Waals surface area contributed by atoms with Crippen LogP contribution in [0.15, 0.2) is 48.9 Å². The van der Waals surface area contributed by atoms with Gasteiger partial charge in [0.15, 0.2) is 11.5 Å². The molecule has 9 rings (SSSR count). The Kier molecular flexibility index (Phi) is 9.07. The van der Waals surface area contributed by atoms with E-state index in [0.717, 1.165) is 29.5 Å². The van der Waals surface area contributed by atoms with E-state index >= 15 is 0 Å². The Morgan fingerprint density at radius 1 is 0.875 bits per heavy atom. The number of nitrogens with one attached hydrogen (secondary N) is 3. The van der Waals surface area contributed by atoms with Crippen LogP contribution in [0.4, 0.5) is 11.4 Å². The molecule has 0 radical (unpaired) electrons. The fraction of sp³-hybridized carbons (Fsp3) is 0.425. The molecule has 5 amide bonds. The first-order chi connectivity index (χ1) is 27.2. The van der Waals surface area contributed by atoms with E-state index in [1.54, 1.807) is 28.0 Å². The van der Waals surface area contributed by atoms with Crippen molar-refractivity contribution in [2.24, 2.45) is 5.92 Å². The monoisotopic (exact) mass is 755 g/mol. The van der Waals surface area contributed by atoms with Gasteiger partial charge in [0.25, 0.3) is 11.8 Å². The number of benzene rings is 1. The largest absolute Gasteiger partial charge is 0.382 e. The molecule has 5 aliphatic rings. The number of nitrogens with zero attached hydrogens (tertiary/aromatic N) is 8. The van der Waals surface area contributed by atoms with Gasteiger partial charge < -0.3 is 25.3 Å². The maximum atomic E-state index is 13.6. The van der Waals surface area contributed by atoms with E-state index in [4.69, 9.17) is 0 Å². The number of imide groups is 1. The Hall–Kier alpha value is -6.37. The topological polar surface area (TPSA) is 199 Å². The number of carbonyl (C=O) groups is 5. The van der Waals surface area contributed by atoms with Gasteiger partial charge >= 0.3 is 0 Å². The van der Waals surface area contributed by atoms with Gasteiger partial charge in [0.05, 0.1) is 23.0 Å². The molecule has 2 aliphatic carbocycles. The molecule has 2 saturated carbocycles. The summed E-state index contributed by atoms with van der Waals surface area (Å²) >= 11 is 0. The summed E-state index contributed by atoms with van der Waals surface area (Å²) in [6, 6.07) is 11.0. The SMILES string of the molecule is N#Cc1cnc2c(cnn2-c2cc(NC3CC3)c(C(=O)NC3CCC(C(=O)N4CCN(c5ccc6c(c5)C(=O)N(C5CCC(=O)NC5=O)C6)CC4)CC3)cn2)c1. The van der Waals surface area contributed by atoms with Gasteiger partial charge in [-0.15, -0.1) is 0 Å². The molecule has 286 valence electrons. The summed E-state index contributed by atoms with van der Waals surface area (Å²) in [5.41, 5.74) is 4.49. The predicted octanol–water partition coefficient (Wildman–Crippen LogP) is 2.66. The second kappa shape index (κ2) is 14.4. The molecule has 3 aromatic heterocycles. The van der Waals surface area contributed by atoms with Crippen molar-refractivity contribution in [2.75, 3.05) is 36.4 Å². The number of anilines is 2. The summed E-state index contributed by atoms with van der Waals surface area (Å²) in [7, 11) is 0. The number of piperazine rings is 1. The number of piperidine rings is 1. The highest BCUT2D eigenvalue weighted by molar-refractivity contribution is 6.06. The molecule has 2 saturated heterocycles. The molecular weight excluding hydrogens is 715 g/mol. The van der Waals surface area contributed by atoms with Crippen LogP contribution in [-0.2, 0) is 20.9 Å². The van der Waals surface area contributed by atoms with E-state index in [0.29, 0.717) is 105 Å². The number of carbonyl (C=O) groups excluding carboxylic acids is 5. The molecule has 56 heavy (non-hydrogen) atoms. The predicted molar refractivity (Wildman–Crippen MR) is 203 cm³/mol. The minimum atomic E-state index is -0.649. The van der Waals surface area contributed by atoms with Crippen LogP contribution in [0.3, 0.4) is 0 Å². The lowest BCUT2D eigenvalue weighted by Gasteiger charge is -2.39. The van der Waals surface area contributed by atoms with E-state index in [9.17, 15) is 29.2 Å². The number of hydrogen-bond donors (Lipinski definition) is 3. The van der Waals surface area contributed by atoms with Crippen molar-refractivity contribution in [3.05, 3.63) is 71.2 Å². The maximum Gasteiger partial charge on any atom is 0.255 e. The lowest BCUT2D eigenvalue weighted by atomic mass is 9.85. The minimum absolute atomic E-state index is 0.0566. The first-order valence-corrected chi connectivity index (χ1v) is 19.4. The third-order valence-corrected chi connectivity index (χ3v) is 11.7. The van der Waals surface area contributed by atoms with Gasteiger partial charge in [0, 0.05) is 92.2 Å². The van der Waals surface area contributed by atoms with E-state index in [1.807, 2.05) is 29.2 Å². The lowest BCUT2D eigenvalue weighted by Crippen LogP contribution is -2.52. The molecule has 0 spiro atoms. The normalized spacial score (nSPS) is 22.4. The van der Waals surface area contributed by atoms with Crippen LogP contribution in [0.25, 0.3) is 16.9 Å². The number of hydrogen-bond acceptors (Lipinski definition) is 11. The highest BCUT2D eigenvalue weighted by Gasteiger charge is 2.40. The van der Waals surface area contributed by atoms with Gasteiger partial charge in [0.1, 0.15) is 12.1 Å². The van der Waals surface area contributed by atoms with Crippen molar-refractivity contribution in [3.63, 3.8) is 0 Å². The summed E-state index contributed by atoms with van der Waals surface area (Å²) in [5.74, 6) is -0.574. The molecule has 4 aromatic rings. The second-order valence-electron chi connectivity index (χ2n) is 15.4. The molecule has 6 heterocycles. The van der Waals surface area contributed by atoms with Crippen molar-refractivity contribution in [3.8, 4) is 11.9 Å². The first-order valence-electron chi connectivity index (χ1n) is 19.4. The van der Waals surface area contributed by atoms with Crippen molar-refractivity contribution >= 4 is 51.9 Å². The summed E-state index contributed by atoms with van der Waals surface area (Å²) in [6.07, 6.45) is 10.1. The van der Waals surface area contributed by atoms with E-state index in [1.165, 1.54) is 6.20 Å². The second-order valence-corrected chi connectivity index (χ2v) is 15.4. The number of aromatic nitrogens is 4. The highest BCUT2D eigenvalue weighted by atomic mass is 16.2. The Morgan fingerprint density at radius 2 is 1.66 bits per heavy atom. The van der Waals surface area contributed by atoms with Crippen LogP contribution in [0.2, 0.25) is 0 Å². The summed E-state index contributed by atoms with van der Waals surface area (Å²) in [5, 5.41) is 23.4. The van der Waals surface area contributed by atoms with E-state index < -0.39 is 11.9 Å². The van der Waals surface area contributed by atoms with Gasteiger partial charge in [-0.3, -0.25) is 29.3 Å². The maximum absolute atomic E-state index is 13.6. The van der Waals surface area contributed by atoms with Crippen LogP contribution in [0, 0.1) is 17.2 Å². The molecule has 1 unspecified atom stereocenters. The van der Waals surface area contributed by atoms with Gasteiger partial charge in [-0.05, 0) is 68.7 Å². The molecular formula is C40H41N11O5. The minimum Gasteiger partial charge on any atom is -0.382 e. The van der Waals surface area contributed by atoms with Gasteiger partial charge in [-0.1, -0.05) is 6.07 Å². The number of amides is 5. The van der Waals surface area contributed by atoms with E-state index in [-0.39, 0.29) is 42.0 Å². The molecule has 0 bridgehead atoms. The third kappa shape index (κ3) is 6.78. The van der Waals surface area contributed by atoms with Crippen LogP contribution in [0.1, 0.15) is 83.2 Å². The zero-order valence-corrected chi connectivity index (χ0v) is 30.7. The third-order valence-electron chi connectivity index (χ3n) is 11.7. The summed E-state index contributed by atoms with van der Waals surface area (Å²) in [6.45, 7) is 2.77. The van der Waals surface area contributed by atoms with Crippen molar-refractivity contribution < 1.29 is 24.0 Å². The number of nitriles is 1. The van der Waals surface area contributed by atoms with Crippen molar-refractivity contribution in [2.45, 2.75) is 76.0 Å². The van der Waals surface area contributed by atoms with Crippen LogP contribution in [0.5, 0.6) is 0 Å². The first kappa shape index (κ1) is 35.3. The summed E-state index contributed by atoms with van der Waals surface area (Å²) in [4.78, 5) is 79.3. The molecule has 16 nitrogen and oxygen atoms in total. The fourth-order valence-corrected chi connectivity index (χ4v) is 8.39. The number of fused-ring (bicyclic) bond motifs is 2. The fourth-order valence-electron chi connectivity index (χ4n) is 8.39. The van der Waals surface area contributed by atoms with Crippen molar-refractivity contribution in [1.82, 2.24) is 40.2 Å². The standard InChI is InChI=1S/C40H41N11O5/c41-18-23-15-26-20-44-51(36(26)43-19-23)34-17-32(45-27-6-7-27)31(21-42-34)37(53)46-28-4-1-24(2-5-28)39(55)49-13-11-48(12-14-49)29-8-3-25-22-50(40(56)30(25)16-29)33-9-10-35(52)47-38(33)54/h3,8,15-17,19-21,24,27-28,33H,1-2,4-7,9-14,22H2,(H,42,45)(H,46,53)(H,47,52,54). The van der Waals surface area contributed by atoms with Crippen LogP contribution < -0.4 is 20.9 Å². The lowest BCUT2D eigenvalue weighted by molar-refractivity contribution is -0.138. The van der Waals surface area contributed by atoms with Gasteiger partial charge in [-0.2, -0.15) is 15.0 Å². The number of pyridine rings is 2. The molecule has 3 aliphatic heterocycles.